The molecule has 0 spiro atoms. The number of rotatable bonds is 5. The van der Waals surface area contributed by atoms with Gasteiger partial charge in [-0.05, 0) is 18.3 Å². The van der Waals surface area contributed by atoms with Crippen molar-refractivity contribution in [3.05, 3.63) is 0 Å². The first-order chi connectivity index (χ1) is 6.43. The van der Waals surface area contributed by atoms with Crippen LogP contribution < -0.4 is 51.4 Å². The number of methoxy groups -OCH3 is 1. The Morgan fingerprint density at radius 2 is 1.73 bits per heavy atom. The van der Waals surface area contributed by atoms with Crippen LogP contribution in [-0.4, -0.2) is 20.7 Å². The summed E-state index contributed by atoms with van der Waals surface area (Å²) in [5.41, 5.74) is 0.0514. The van der Waals surface area contributed by atoms with Gasteiger partial charge in [-0.25, -0.2) is 0 Å². The second-order valence-electron chi connectivity index (χ2n) is 5.06. The van der Waals surface area contributed by atoms with Crippen LogP contribution in [0.5, 0.6) is 0 Å². The zero-order valence-electron chi connectivity index (χ0n) is 9.36. The minimum Gasteiger partial charge on any atom is -0.449 e. The van der Waals surface area contributed by atoms with Gasteiger partial charge in [-0.2, -0.15) is 0 Å². The second-order valence-corrected chi connectivity index (χ2v) is 5.06. The molecular formula is C9H15BF3KO. The number of hydrogen-bond donors (Lipinski definition) is 0. The van der Waals surface area contributed by atoms with E-state index < -0.39 is 12.3 Å². The largest absolute Gasteiger partial charge is 1.00 e. The molecule has 15 heavy (non-hydrogen) atoms. The van der Waals surface area contributed by atoms with Gasteiger partial charge in [0.05, 0.1) is 0 Å². The fourth-order valence-electron chi connectivity index (χ4n) is 3.29. The van der Waals surface area contributed by atoms with Crippen molar-refractivity contribution in [3.63, 3.8) is 0 Å². The van der Waals surface area contributed by atoms with Gasteiger partial charge in [0.25, 0.3) is 0 Å². The van der Waals surface area contributed by atoms with Crippen LogP contribution in [0, 0.1) is 5.41 Å². The minimum atomic E-state index is -4.59. The molecule has 0 N–H and O–H groups in total. The molecule has 0 amide bonds. The second kappa shape index (κ2) is 4.61. The van der Waals surface area contributed by atoms with Crippen molar-refractivity contribution in [2.24, 2.45) is 5.41 Å². The molecule has 2 bridgehead atoms. The molecule has 3 rings (SSSR count). The van der Waals surface area contributed by atoms with Gasteiger partial charge < -0.3 is 17.7 Å². The molecule has 0 aromatic rings. The van der Waals surface area contributed by atoms with Crippen molar-refractivity contribution >= 4 is 6.98 Å². The average molecular weight is 246 g/mol. The summed E-state index contributed by atoms with van der Waals surface area (Å²) in [6.07, 6.45) is 3.00. The molecule has 0 aromatic carbocycles. The van der Waals surface area contributed by atoms with Crippen LogP contribution >= 0.6 is 0 Å². The van der Waals surface area contributed by atoms with Crippen LogP contribution in [0.2, 0.25) is 5.31 Å². The molecule has 0 heterocycles. The van der Waals surface area contributed by atoms with Crippen LogP contribution in [0.25, 0.3) is 0 Å². The van der Waals surface area contributed by atoms with Crippen LogP contribution in [-0.2, 0) is 4.74 Å². The van der Waals surface area contributed by atoms with Crippen molar-refractivity contribution in [2.75, 3.05) is 13.7 Å². The molecule has 3 aliphatic rings. The van der Waals surface area contributed by atoms with Crippen molar-refractivity contribution in [1.82, 2.24) is 0 Å². The Hall–Kier alpha value is 1.45. The molecular weight excluding hydrogens is 231 g/mol. The van der Waals surface area contributed by atoms with Crippen LogP contribution in [0.4, 0.5) is 12.9 Å². The molecule has 1 nitrogen and oxygen atoms in total. The third-order valence-electron chi connectivity index (χ3n) is 3.93. The molecule has 82 valence electrons. The van der Waals surface area contributed by atoms with Crippen molar-refractivity contribution < 1.29 is 69.1 Å². The topological polar surface area (TPSA) is 9.23 Å². The fourth-order valence-corrected chi connectivity index (χ4v) is 3.29. The first-order valence-electron chi connectivity index (χ1n) is 5.12. The summed E-state index contributed by atoms with van der Waals surface area (Å²) >= 11 is 0. The van der Waals surface area contributed by atoms with E-state index in [1.165, 1.54) is 0 Å². The Balaban J connectivity index is 0.00000112. The predicted octanol–water partition coefficient (Wildman–Crippen LogP) is 0.189. The Bertz CT molecular complexity index is 224. The van der Waals surface area contributed by atoms with E-state index in [0.29, 0.717) is 25.9 Å². The number of ether oxygens (including phenoxy) is 1. The van der Waals surface area contributed by atoms with Gasteiger partial charge in [0.15, 0.2) is 0 Å². The van der Waals surface area contributed by atoms with Gasteiger partial charge in [0, 0.05) is 13.7 Å². The Kier molecular flexibility index (Phi) is 4.46. The summed E-state index contributed by atoms with van der Waals surface area (Å²) in [4.78, 5) is 0. The normalized spacial score (nSPS) is 37.6. The van der Waals surface area contributed by atoms with Gasteiger partial charge in [-0.3, -0.25) is 0 Å². The summed E-state index contributed by atoms with van der Waals surface area (Å²) in [6, 6.07) is 0. The standard InChI is InChI=1S/C9H15BF3O.K/c1-14-4-2-3-8-5-9(6-8,7-8)10(11,12)13;/h2-7H2,1H3;/q-1;+1. The first kappa shape index (κ1) is 14.5. The molecule has 3 saturated carbocycles. The Labute approximate surface area is 131 Å². The SMILES string of the molecule is COCCCC12CC([B-](F)(F)F)(C1)C2.[K+]. The van der Waals surface area contributed by atoms with E-state index >= 15 is 0 Å². The van der Waals surface area contributed by atoms with Gasteiger partial charge in [0.1, 0.15) is 0 Å². The van der Waals surface area contributed by atoms with Crippen LogP contribution in [0.3, 0.4) is 0 Å². The maximum absolute atomic E-state index is 12.5. The van der Waals surface area contributed by atoms with E-state index in [9.17, 15) is 12.9 Å². The molecule has 0 radical (unpaired) electrons. The van der Waals surface area contributed by atoms with Gasteiger partial charge in [0.2, 0.25) is 0 Å². The van der Waals surface area contributed by atoms with Crippen LogP contribution in [0.15, 0.2) is 0 Å². The number of halogens is 3. The van der Waals surface area contributed by atoms with E-state index in [1.54, 1.807) is 7.11 Å². The van der Waals surface area contributed by atoms with E-state index in [2.05, 4.69) is 0 Å². The quantitative estimate of drug-likeness (QED) is 0.497. The van der Waals surface area contributed by atoms with Gasteiger partial charge in [-0.1, -0.05) is 24.6 Å². The molecule has 0 aliphatic heterocycles. The minimum absolute atomic E-state index is 0. The monoisotopic (exact) mass is 246 g/mol. The summed E-state index contributed by atoms with van der Waals surface area (Å²) in [6.45, 7) is -3.92. The zero-order valence-corrected chi connectivity index (χ0v) is 12.5. The summed E-state index contributed by atoms with van der Waals surface area (Å²) in [7, 11) is 1.63. The van der Waals surface area contributed by atoms with Gasteiger partial charge in [-0.15, -0.1) is 0 Å². The molecule has 0 atom stereocenters. The van der Waals surface area contributed by atoms with Gasteiger partial charge >= 0.3 is 58.4 Å². The third-order valence-corrected chi connectivity index (χ3v) is 3.93. The maximum atomic E-state index is 12.5. The third kappa shape index (κ3) is 2.36. The average Bonchev–Trinajstić information content (AvgIpc) is 1.88. The van der Waals surface area contributed by atoms with E-state index in [0.717, 1.165) is 12.8 Å². The molecule has 3 aliphatic carbocycles. The summed E-state index contributed by atoms with van der Waals surface area (Å²) < 4.78 is 42.5. The fraction of sp³-hybridized carbons (Fsp3) is 1.00. The van der Waals surface area contributed by atoms with Crippen molar-refractivity contribution in [3.8, 4) is 0 Å². The summed E-state index contributed by atoms with van der Waals surface area (Å²) in [5.74, 6) is 0. The molecule has 6 heteroatoms. The Morgan fingerprint density at radius 3 is 2.13 bits per heavy atom. The molecule has 0 saturated heterocycles. The summed E-state index contributed by atoms with van der Waals surface area (Å²) in [5, 5.41) is -1.22. The van der Waals surface area contributed by atoms with E-state index in [4.69, 9.17) is 4.74 Å². The number of hydrogen-bond acceptors (Lipinski definition) is 1. The van der Waals surface area contributed by atoms with E-state index in [-0.39, 0.29) is 56.8 Å². The smallest absolute Gasteiger partial charge is 0.449 e. The van der Waals surface area contributed by atoms with Crippen molar-refractivity contribution in [1.29, 1.82) is 0 Å². The van der Waals surface area contributed by atoms with Crippen molar-refractivity contribution in [2.45, 2.75) is 37.4 Å². The zero-order chi connectivity index (χ0) is 10.4. The molecule has 0 aromatic heterocycles. The molecule has 3 fully saturated rings. The van der Waals surface area contributed by atoms with E-state index in [1.807, 2.05) is 0 Å². The predicted molar refractivity (Wildman–Crippen MR) is 49.2 cm³/mol. The molecule has 0 unspecified atom stereocenters. The maximum Gasteiger partial charge on any atom is 1.00 e. The van der Waals surface area contributed by atoms with Crippen LogP contribution in [0.1, 0.15) is 32.1 Å². The Morgan fingerprint density at radius 1 is 1.20 bits per heavy atom. The first-order valence-corrected chi connectivity index (χ1v) is 5.12.